The molecule has 3 nitrogen and oxygen atoms in total. The summed E-state index contributed by atoms with van der Waals surface area (Å²) in [4.78, 5) is 2.53. The highest BCUT2D eigenvalue weighted by atomic mass is 28.4. The third-order valence-electron chi connectivity index (χ3n) is 5.20. The zero-order chi connectivity index (χ0) is 15.5. The summed E-state index contributed by atoms with van der Waals surface area (Å²) in [5.74, 6) is 1.34. The van der Waals surface area contributed by atoms with Crippen molar-refractivity contribution in [2.45, 2.75) is 65.1 Å². The topological polar surface area (TPSA) is 21.7 Å². The Labute approximate surface area is 131 Å². The van der Waals surface area contributed by atoms with E-state index in [4.69, 9.17) is 8.85 Å². The highest BCUT2D eigenvalue weighted by Crippen LogP contribution is 2.40. The van der Waals surface area contributed by atoms with Crippen molar-refractivity contribution in [1.29, 1.82) is 0 Å². The van der Waals surface area contributed by atoms with Gasteiger partial charge in [0.1, 0.15) is 0 Å². The number of nitrogens with zero attached hydrogens (tertiary/aromatic N) is 1. The van der Waals surface area contributed by atoms with Gasteiger partial charge in [-0.05, 0) is 45.1 Å². The van der Waals surface area contributed by atoms with Gasteiger partial charge >= 0.3 is 8.56 Å². The van der Waals surface area contributed by atoms with Crippen LogP contribution in [0.15, 0.2) is 12.3 Å². The van der Waals surface area contributed by atoms with Gasteiger partial charge in [-0.15, -0.1) is 0 Å². The van der Waals surface area contributed by atoms with Crippen molar-refractivity contribution in [1.82, 2.24) is 4.90 Å². The van der Waals surface area contributed by atoms with Gasteiger partial charge in [0.25, 0.3) is 0 Å². The van der Waals surface area contributed by atoms with E-state index in [1.54, 1.807) is 0 Å². The summed E-state index contributed by atoms with van der Waals surface area (Å²) in [6.07, 6.45) is 6.76. The third kappa shape index (κ3) is 3.54. The molecule has 2 rings (SSSR count). The Hall–Kier alpha value is -0.323. The highest BCUT2D eigenvalue weighted by molar-refractivity contribution is 6.68. The van der Waals surface area contributed by atoms with Gasteiger partial charge in [-0.2, -0.15) is 0 Å². The molecular formula is C17H33NO2Si. The summed E-state index contributed by atoms with van der Waals surface area (Å²) in [7, 11) is -2.15. The first kappa shape index (κ1) is 17.0. The van der Waals surface area contributed by atoms with Crippen LogP contribution in [0, 0.1) is 11.8 Å². The van der Waals surface area contributed by atoms with Gasteiger partial charge in [0.2, 0.25) is 0 Å². The van der Waals surface area contributed by atoms with Gasteiger partial charge < -0.3 is 13.8 Å². The van der Waals surface area contributed by atoms with E-state index >= 15 is 0 Å². The lowest BCUT2D eigenvalue weighted by molar-refractivity contribution is 0.0436. The second-order valence-electron chi connectivity index (χ2n) is 6.78. The Bertz CT molecular complexity index is 349. The molecule has 2 aliphatic rings. The first-order chi connectivity index (χ1) is 10.0. The lowest BCUT2D eigenvalue weighted by Gasteiger charge is -2.55. The molecule has 1 saturated carbocycles. The van der Waals surface area contributed by atoms with Gasteiger partial charge in [0.05, 0.1) is 5.67 Å². The van der Waals surface area contributed by atoms with Crippen molar-refractivity contribution < 1.29 is 8.85 Å². The van der Waals surface area contributed by atoms with E-state index in [0.29, 0.717) is 17.5 Å². The molecule has 2 unspecified atom stereocenters. The third-order valence-corrected chi connectivity index (χ3v) is 8.88. The molecule has 0 amide bonds. The Balaban J connectivity index is 2.07. The van der Waals surface area contributed by atoms with E-state index in [2.05, 4.69) is 38.8 Å². The molecule has 0 aromatic rings. The largest absolute Gasteiger partial charge is 0.393 e. The normalized spacial score (nSPS) is 27.5. The molecule has 1 aliphatic carbocycles. The maximum absolute atomic E-state index is 6.15. The molecule has 0 aromatic carbocycles. The van der Waals surface area contributed by atoms with Crippen molar-refractivity contribution in [3.05, 3.63) is 12.3 Å². The molecule has 2 fully saturated rings. The van der Waals surface area contributed by atoms with Crippen molar-refractivity contribution in [2.24, 2.45) is 11.8 Å². The Morgan fingerprint density at radius 2 is 1.71 bits per heavy atom. The second kappa shape index (κ2) is 7.29. The minimum atomic E-state index is -2.15. The summed E-state index contributed by atoms with van der Waals surface area (Å²) in [5, 5.41) is 0. The van der Waals surface area contributed by atoms with Crippen molar-refractivity contribution >= 4 is 8.56 Å². The molecule has 2 atom stereocenters. The quantitative estimate of drug-likeness (QED) is 0.661. The van der Waals surface area contributed by atoms with Crippen LogP contribution in [0.4, 0.5) is 0 Å². The zero-order valence-electron chi connectivity index (χ0n) is 14.4. The lowest BCUT2D eigenvalue weighted by Crippen LogP contribution is -2.69. The minimum Gasteiger partial charge on any atom is -0.393 e. The average Bonchev–Trinajstić information content (AvgIpc) is 2.45. The molecule has 0 bridgehead atoms. The molecular weight excluding hydrogens is 278 g/mol. The van der Waals surface area contributed by atoms with E-state index in [1.807, 2.05) is 0 Å². The molecule has 0 radical (unpaired) electrons. The van der Waals surface area contributed by atoms with Crippen molar-refractivity contribution in [3.8, 4) is 0 Å². The molecule has 21 heavy (non-hydrogen) atoms. The van der Waals surface area contributed by atoms with Crippen molar-refractivity contribution in [2.75, 3.05) is 19.8 Å². The maximum Gasteiger partial charge on any atom is 0.358 e. The number of likely N-dealkylation sites (tertiary alicyclic amines) is 1. The van der Waals surface area contributed by atoms with Gasteiger partial charge in [0.15, 0.2) is 0 Å². The second-order valence-corrected chi connectivity index (χ2v) is 9.98. The zero-order valence-corrected chi connectivity index (χ0v) is 15.4. The van der Waals surface area contributed by atoms with Crippen LogP contribution < -0.4 is 0 Å². The van der Waals surface area contributed by atoms with Crippen LogP contribution in [-0.2, 0) is 8.85 Å². The molecule has 1 heterocycles. The SMILES string of the molecule is C=C(C1CCCCC1)N1CC(C)C1[Si](C)(OCC)OCC. The minimum absolute atomic E-state index is 0.437. The van der Waals surface area contributed by atoms with E-state index in [9.17, 15) is 0 Å². The van der Waals surface area contributed by atoms with Gasteiger partial charge in [0, 0.05) is 25.5 Å². The Morgan fingerprint density at radius 1 is 1.14 bits per heavy atom. The molecule has 4 heteroatoms. The van der Waals surface area contributed by atoms with Gasteiger partial charge in [-0.3, -0.25) is 0 Å². The standard InChI is InChI=1S/C17H33NO2Si/c1-6-19-21(5,20-7-2)17-14(3)13-18(17)15(4)16-11-9-8-10-12-16/h14,16-17H,4,6-13H2,1-3,5H3. The smallest absolute Gasteiger partial charge is 0.358 e. The average molecular weight is 312 g/mol. The van der Waals surface area contributed by atoms with E-state index < -0.39 is 8.56 Å². The summed E-state index contributed by atoms with van der Waals surface area (Å²) >= 11 is 0. The van der Waals surface area contributed by atoms with E-state index in [0.717, 1.165) is 19.8 Å². The molecule has 1 aliphatic heterocycles. The summed E-state index contributed by atoms with van der Waals surface area (Å²) in [5.41, 5.74) is 1.79. The Kier molecular flexibility index (Phi) is 5.92. The van der Waals surface area contributed by atoms with Crippen LogP contribution in [0.3, 0.4) is 0 Å². The molecule has 0 spiro atoms. The fourth-order valence-corrected chi connectivity index (χ4v) is 7.79. The maximum atomic E-state index is 6.15. The van der Waals surface area contributed by atoms with Gasteiger partial charge in [-0.25, -0.2) is 0 Å². The first-order valence-electron chi connectivity index (χ1n) is 8.76. The van der Waals surface area contributed by atoms with E-state index in [1.165, 1.54) is 37.8 Å². The number of rotatable bonds is 7. The number of allylic oxidation sites excluding steroid dienone is 1. The van der Waals surface area contributed by atoms with E-state index in [-0.39, 0.29) is 0 Å². The first-order valence-corrected chi connectivity index (χ1v) is 11.2. The fraction of sp³-hybridized carbons (Fsp3) is 0.882. The molecule has 0 aromatic heterocycles. The summed E-state index contributed by atoms with van der Waals surface area (Å²) < 4.78 is 12.3. The predicted molar refractivity (Wildman–Crippen MR) is 90.2 cm³/mol. The van der Waals surface area contributed by atoms with Gasteiger partial charge in [-0.1, -0.05) is 32.8 Å². The monoisotopic (exact) mass is 311 g/mol. The van der Waals surface area contributed by atoms with Crippen molar-refractivity contribution in [3.63, 3.8) is 0 Å². The summed E-state index contributed by atoms with van der Waals surface area (Å²) in [6.45, 7) is 15.8. The van der Waals surface area contributed by atoms with Crippen LogP contribution >= 0.6 is 0 Å². The Morgan fingerprint density at radius 3 is 2.19 bits per heavy atom. The van der Waals surface area contributed by atoms with Crippen LogP contribution in [0.1, 0.15) is 52.9 Å². The molecule has 0 N–H and O–H groups in total. The molecule has 122 valence electrons. The van der Waals surface area contributed by atoms with Crippen LogP contribution in [0.25, 0.3) is 0 Å². The van der Waals surface area contributed by atoms with Crippen LogP contribution in [0.2, 0.25) is 6.55 Å². The molecule has 1 saturated heterocycles. The lowest BCUT2D eigenvalue weighted by atomic mass is 9.85. The fourth-order valence-electron chi connectivity index (χ4n) is 4.24. The number of hydrogen-bond donors (Lipinski definition) is 0. The highest BCUT2D eigenvalue weighted by Gasteiger charge is 2.54. The number of hydrogen-bond acceptors (Lipinski definition) is 3. The van der Waals surface area contributed by atoms with Crippen LogP contribution in [-0.4, -0.2) is 38.9 Å². The van der Waals surface area contributed by atoms with Crippen LogP contribution in [0.5, 0.6) is 0 Å². The summed E-state index contributed by atoms with van der Waals surface area (Å²) in [6, 6.07) is 0. The predicted octanol–water partition coefficient (Wildman–Crippen LogP) is 4.08.